The summed E-state index contributed by atoms with van der Waals surface area (Å²) in [5.74, 6) is -2.23. The molecule has 12 nitrogen and oxygen atoms in total. The SMILES string of the molecule is CC(=O)O.N=C(N)c1ccc(C(=O)NC[C@H]2CN(c3ccc(N4CCC(C(=O)O)CC4)cc3)C(=O)O2)cc1. The van der Waals surface area contributed by atoms with Gasteiger partial charge in [0.2, 0.25) is 0 Å². The first-order valence-electron chi connectivity index (χ1n) is 12.0. The number of ether oxygens (including phenoxy) is 1. The molecular weight excluding hydrogens is 494 g/mol. The largest absolute Gasteiger partial charge is 0.481 e. The van der Waals surface area contributed by atoms with Crippen LogP contribution in [0.1, 0.15) is 35.7 Å². The number of cyclic esters (lactones) is 1. The lowest BCUT2D eigenvalue weighted by Crippen LogP contribution is -2.36. The molecule has 0 spiro atoms. The first-order chi connectivity index (χ1) is 18.0. The van der Waals surface area contributed by atoms with Gasteiger partial charge < -0.3 is 30.9 Å². The van der Waals surface area contributed by atoms with E-state index >= 15 is 0 Å². The Labute approximate surface area is 219 Å². The van der Waals surface area contributed by atoms with Crippen LogP contribution in [0, 0.1) is 11.3 Å². The smallest absolute Gasteiger partial charge is 0.414 e. The fourth-order valence-corrected chi connectivity index (χ4v) is 4.18. The Bertz CT molecular complexity index is 1170. The summed E-state index contributed by atoms with van der Waals surface area (Å²) in [5.41, 5.74) is 8.07. The second kappa shape index (κ2) is 12.6. The van der Waals surface area contributed by atoms with E-state index in [1.54, 1.807) is 24.3 Å². The summed E-state index contributed by atoms with van der Waals surface area (Å²) in [6, 6.07) is 13.9. The summed E-state index contributed by atoms with van der Waals surface area (Å²) in [6.45, 7) is 2.93. The van der Waals surface area contributed by atoms with Crippen LogP contribution in [0.2, 0.25) is 0 Å². The van der Waals surface area contributed by atoms with Crippen molar-refractivity contribution in [1.29, 1.82) is 5.41 Å². The summed E-state index contributed by atoms with van der Waals surface area (Å²) in [4.78, 5) is 48.6. The van der Waals surface area contributed by atoms with Crippen molar-refractivity contribution in [3.63, 3.8) is 0 Å². The summed E-state index contributed by atoms with van der Waals surface area (Å²) < 4.78 is 5.41. The topological polar surface area (TPSA) is 186 Å². The number of hydrogen-bond acceptors (Lipinski definition) is 7. The lowest BCUT2D eigenvalue weighted by molar-refractivity contribution is -0.142. The van der Waals surface area contributed by atoms with E-state index in [1.807, 2.05) is 24.3 Å². The second-order valence-electron chi connectivity index (χ2n) is 8.95. The Hall–Kier alpha value is -4.61. The van der Waals surface area contributed by atoms with Crippen molar-refractivity contribution in [3.05, 3.63) is 59.7 Å². The average molecular weight is 526 g/mol. The summed E-state index contributed by atoms with van der Waals surface area (Å²) in [5, 5.41) is 26.7. The molecule has 2 saturated heterocycles. The van der Waals surface area contributed by atoms with Gasteiger partial charge in [-0.1, -0.05) is 12.1 Å². The summed E-state index contributed by atoms with van der Waals surface area (Å²) in [7, 11) is 0. The van der Waals surface area contributed by atoms with Crippen LogP contribution in [0.25, 0.3) is 0 Å². The third-order valence-corrected chi connectivity index (χ3v) is 6.19. The maximum Gasteiger partial charge on any atom is 0.414 e. The maximum atomic E-state index is 12.4. The van der Waals surface area contributed by atoms with Crippen molar-refractivity contribution in [1.82, 2.24) is 5.32 Å². The zero-order chi connectivity index (χ0) is 27.8. The summed E-state index contributed by atoms with van der Waals surface area (Å²) >= 11 is 0. The van der Waals surface area contributed by atoms with Gasteiger partial charge in [0.1, 0.15) is 11.9 Å². The average Bonchev–Trinajstić information content (AvgIpc) is 3.27. The number of carboxylic acids is 2. The van der Waals surface area contributed by atoms with Gasteiger partial charge in [0.05, 0.1) is 19.0 Å². The van der Waals surface area contributed by atoms with Crippen LogP contribution in [0.5, 0.6) is 0 Å². The highest BCUT2D eigenvalue weighted by molar-refractivity contribution is 5.98. The molecule has 2 aliphatic heterocycles. The number of nitrogens with one attached hydrogen (secondary N) is 2. The maximum absolute atomic E-state index is 12.4. The zero-order valence-electron chi connectivity index (χ0n) is 20.9. The van der Waals surface area contributed by atoms with E-state index in [0.717, 1.165) is 12.6 Å². The van der Waals surface area contributed by atoms with Gasteiger partial charge in [-0.25, -0.2) is 4.79 Å². The molecule has 0 saturated carbocycles. The van der Waals surface area contributed by atoms with Crippen LogP contribution >= 0.6 is 0 Å². The first-order valence-corrected chi connectivity index (χ1v) is 12.0. The van der Waals surface area contributed by atoms with Crippen LogP contribution in [0.15, 0.2) is 48.5 Å². The van der Waals surface area contributed by atoms with E-state index < -0.39 is 24.1 Å². The highest BCUT2D eigenvalue weighted by Gasteiger charge is 2.33. The van der Waals surface area contributed by atoms with Crippen LogP contribution in [-0.2, 0) is 14.3 Å². The van der Waals surface area contributed by atoms with Crippen molar-refractivity contribution >= 4 is 41.1 Å². The van der Waals surface area contributed by atoms with Gasteiger partial charge >= 0.3 is 12.1 Å². The van der Waals surface area contributed by atoms with E-state index in [0.29, 0.717) is 49.3 Å². The number of amidine groups is 1. The lowest BCUT2D eigenvalue weighted by atomic mass is 9.97. The molecule has 0 unspecified atom stereocenters. The molecule has 2 aromatic rings. The molecule has 202 valence electrons. The fraction of sp³-hybridized carbons (Fsp3) is 0.346. The number of hydrogen-bond donors (Lipinski definition) is 5. The molecule has 2 heterocycles. The number of aliphatic carboxylic acids is 2. The third-order valence-electron chi connectivity index (χ3n) is 6.19. The molecule has 0 bridgehead atoms. The van der Waals surface area contributed by atoms with Crippen molar-refractivity contribution in [3.8, 4) is 0 Å². The number of amides is 2. The predicted molar refractivity (Wildman–Crippen MR) is 140 cm³/mol. The molecule has 0 aliphatic carbocycles. The lowest BCUT2D eigenvalue weighted by Gasteiger charge is -2.32. The minimum Gasteiger partial charge on any atom is -0.481 e. The molecule has 2 aliphatic rings. The second-order valence-corrected chi connectivity index (χ2v) is 8.95. The van der Waals surface area contributed by atoms with Gasteiger partial charge in [0, 0.05) is 42.5 Å². The molecule has 2 fully saturated rings. The van der Waals surface area contributed by atoms with E-state index in [2.05, 4.69) is 10.2 Å². The highest BCUT2D eigenvalue weighted by Crippen LogP contribution is 2.27. The highest BCUT2D eigenvalue weighted by atomic mass is 16.6. The van der Waals surface area contributed by atoms with Crippen molar-refractivity contribution < 1.29 is 34.1 Å². The van der Waals surface area contributed by atoms with Gasteiger partial charge in [-0.2, -0.15) is 0 Å². The standard InChI is InChI=1S/C24H27N5O5.C2H4O2/c25-21(26)15-1-3-16(4-2-15)22(30)27-13-20-14-29(24(33)34-20)19-7-5-18(6-8-19)28-11-9-17(10-12-28)23(31)32;1-2(3)4/h1-8,17,20H,9-14H2,(H3,25,26)(H,27,30)(H,31,32);1H3,(H,3,4)/t20-;/m0./s1. The molecule has 2 aromatic carbocycles. The Balaban J connectivity index is 0.000000934. The van der Waals surface area contributed by atoms with Gasteiger partial charge in [-0.15, -0.1) is 0 Å². The Kier molecular flexibility index (Phi) is 9.25. The molecule has 4 rings (SSSR count). The Morgan fingerprint density at radius 3 is 2.05 bits per heavy atom. The molecule has 0 radical (unpaired) electrons. The van der Waals surface area contributed by atoms with Crippen molar-refractivity contribution in [2.24, 2.45) is 11.7 Å². The van der Waals surface area contributed by atoms with Crippen molar-refractivity contribution in [2.45, 2.75) is 25.9 Å². The summed E-state index contributed by atoms with van der Waals surface area (Å²) in [6.07, 6.45) is 0.274. The Morgan fingerprint density at radius 1 is 1.00 bits per heavy atom. The molecule has 38 heavy (non-hydrogen) atoms. The van der Waals surface area contributed by atoms with E-state index in [4.69, 9.17) is 30.9 Å². The number of nitrogens with two attached hydrogens (primary N) is 1. The van der Waals surface area contributed by atoms with Crippen LogP contribution in [0.3, 0.4) is 0 Å². The van der Waals surface area contributed by atoms with Crippen LogP contribution in [-0.4, -0.2) is 72.3 Å². The Morgan fingerprint density at radius 2 is 1.53 bits per heavy atom. The van der Waals surface area contributed by atoms with Gasteiger partial charge in [0.25, 0.3) is 11.9 Å². The number of nitrogen functional groups attached to an aromatic ring is 1. The number of rotatable bonds is 7. The van der Waals surface area contributed by atoms with Crippen molar-refractivity contribution in [2.75, 3.05) is 36.0 Å². The molecule has 6 N–H and O–H groups in total. The molecule has 0 aromatic heterocycles. The van der Waals surface area contributed by atoms with Gasteiger partial charge in [-0.05, 0) is 49.2 Å². The molecular formula is C26H31N5O7. The predicted octanol–water partition coefficient (Wildman–Crippen LogP) is 2.12. The van der Waals surface area contributed by atoms with Crippen LogP contribution < -0.4 is 20.9 Å². The fourth-order valence-electron chi connectivity index (χ4n) is 4.18. The quantitative estimate of drug-likeness (QED) is 0.267. The van der Waals surface area contributed by atoms with E-state index in [9.17, 15) is 14.4 Å². The normalized spacial score (nSPS) is 17.2. The monoisotopic (exact) mass is 525 g/mol. The number of nitrogens with zero attached hydrogens (tertiary/aromatic N) is 2. The number of carbonyl (C=O) groups is 4. The molecule has 1 atom stereocenters. The molecule has 2 amide bonds. The number of anilines is 2. The first kappa shape index (κ1) is 28.0. The minimum atomic E-state index is -0.833. The minimum absolute atomic E-state index is 0.0688. The molecule has 12 heteroatoms. The van der Waals surface area contributed by atoms with Gasteiger partial charge in [0.15, 0.2) is 0 Å². The van der Waals surface area contributed by atoms with Crippen LogP contribution in [0.4, 0.5) is 16.2 Å². The van der Waals surface area contributed by atoms with Gasteiger partial charge in [-0.3, -0.25) is 24.7 Å². The van der Waals surface area contributed by atoms with E-state index in [-0.39, 0.29) is 24.2 Å². The number of carboxylic acid groups (broad SMARTS) is 2. The number of benzene rings is 2. The number of carbonyl (C=O) groups excluding carboxylic acids is 2. The van der Waals surface area contributed by atoms with E-state index in [1.165, 1.54) is 4.90 Å². The number of piperidine rings is 1. The third kappa shape index (κ3) is 7.45. The zero-order valence-corrected chi connectivity index (χ0v) is 20.9.